The van der Waals surface area contributed by atoms with E-state index >= 15 is 0 Å². The zero-order chi connectivity index (χ0) is 40.1. The fourth-order valence-electron chi connectivity index (χ4n) is 6.78. The molecule has 0 spiro atoms. The highest BCUT2D eigenvalue weighted by molar-refractivity contribution is 5.71. The summed E-state index contributed by atoms with van der Waals surface area (Å²) >= 11 is 0. The molecule has 0 aliphatic rings. The molecule has 0 heterocycles. The Balaban J connectivity index is 4.35. The van der Waals surface area contributed by atoms with Gasteiger partial charge in [-0.3, -0.25) is 14.4 Å². The molecule has 0 aromatic heterocycles. The minimum absolute atomic E-state index is 0.0760. The number of hydrogen-bond donors (Lipinski definition) is 0. The van der Waals surface area contributed by atoms with Crippen LogP contribution in [0.1, 0.15) is 252 Å². The van der Waals surface area contributed by atoms with Gasteiger partial charge >= 0.3 is 17.9 Å². The lowest BCUT2D eigenvalue weighted by Gasteiger charge is -2.18. The predicted molar refractivity (Wildman–Crippen MR) is 233 cm³/mol. The molecule has 0 aromatic rings. The largest absolute Gasteiger partial charge is 0.462 e. The fourth-order valence-corrected chi connectivity index (χ4v) is 6.78. The van der Waals surface area contributed by atoms with Crippen molar-refractivity contribution in [2.75, 3.05) is 13.2 Å². The quantitative estimate of drug-likeness (QED) is 0.0266. The van der Waals surface area contributed by atoms with Crippen LogP contribution in [-0.2, 0) is 28.6 Å². The standard InChI is InChI=1S/C49H90O6/c1-4-7-10-13-16-19-21-23-24-26-27-30-33-36-39-42-48(51)54-45-46(44-53-47(50)41-38-35-32-29-18-15-12-9-6-3)55-49(52)43-40-37-34-31-28-25-22-20-17-14-11-8-5-2/h19,21,25,28,46H,4-18,20,22-24,26-27,29-45H2,1-3H3/b21-19-,28-25-. The molecule has 55 heavy (non-hydrogen) atoms. The van der Waals surface area contributed by atoms with E-state index in [9.17, 15) is 14.4 Å². The van der Waals surface area contributed by atoms with E-state index in [0.29, 0.717) is 19.3 Å². The van der Waals surface area contributed by atoms with E-state index < -0.39 is 6.10 Å². The second-order valence-corrected chi connectivity index (χ2v) is 16.0. The molecule has 6 nitrogen and oxygen atoms in total. The molecule has 0 N–H and O–H groups in total. The maximum Gasteiger partial charge on any atom is 0.306 e. The highest BCUT2D eigenvalue weighted by Crippen LogP contribution is 2.14. The number of hydrogen-bond acceptors (Lipinski definition) is 6. The van der Waals surface area contributed by atoms with Gasteiger partial charge in [0.2, 0.25) is 0 Å². The summed E-state index contributed by atoms with van der Waals surface area (Å²) in [6.07, 6.45) is 48.7. The van der Waals surface area contributed by atoms with Gasteiger partial charge < -0.3 is 14.2 Å². The Hall–Kier alpha value is -2.11. The molecule has 0 aliphatic heterocycles. The van der Waals surface area contributed by atoms with Crippen LogP contribution in [0.15, 0.2) is 24.3 Å². The van der Waals surface area contributed by atoms with E-state index in [-0.39, 0.29) is 31.1 Å². The van der Waals surface area contributed by atoms with Crippen molar-refractivity contribution in [2.45, 2.75) is 258 Å². The van der Waals surface area contributed by atoms with Crippen LogP contribution in [0.3, 0.4) is 0 Å². The first-order chi connectivity index (χ1) is 27.0. The average molecular weight is 775 g/mol. The van der Waals surface area contributed by atoms with Crippen LogP contribution in [0.4, 0.5) is 0 Å². The van der Waals surface area contributed by atoms with Gasteiger partial charge in [0.05, 0.1) is 0 Å². The van der Waals surface area contributed by atoms with Crippen molar-refractivity contribution in [1.82, 2.24) is 0 Å². The number of rotatable bonds is 43. The molecule has 0 saturated carbocycles. The number of ether oxygens (including phenoxy) is 3. The van der Waals surface area contributed by atoms with Crippen LogP contribution in [0.5, 0.6) is 0 Å². The molecule has 1 unspecified atom stereocenters. The molecule has 0 radical (unpaired) electrons. The van der Waals surface area contributed by atoms with Crippen LogP contribution >= 0.6 is 0 Å². The van der Waals surface area contributed by atoms with E-state index in [0.717, 1.165) is 70.6 Å². The lowest BCUT2D eigenvalue weighted by atomic mass is 10.1. The van der Waals surface area contributed by atoms with Crippen molar-refractivity contribution in [3.63, 3.8) is 0 Å². The molecule has 6 heteroatoms. The van der Waals surface area contributed by atoms with E-state index in [1.807, 2.05) is 0 Å². The molecule has 0 rings (SSSR count). The third-order valence-corrected chi connectivity index (χ3v) is 10.4. The molecular formula is C49H90O6. The summed E-state index contributed by atoms with van der Waals surface area (Å²) in [6.45, 7) is 6.59. The number of carbonyl (C=O) groups is 3. The number of allylic oxidation sites excluding steroid dienone is 4. The van der Waals surface area contributed by atoms with E-state index in [1.165, 1.54) is 141 Å². The Morgan fingerprint density at radius 2 is 0.600 bits per heavy atom. The molecule has 0 amide bonds. The first kappa shape index (κ1) is 52.9. The summed E-state index contributed by atoms with van der Waals surface area (Å²) in [6, 6.07) is 0. The van der Waals surface area contributed by atoms with E-state index in [1.54, 1.807) is 0 Å². The predicted octanol–water partition coefficient (Wildman–Crippen LogP) is 15.2. The third kappa shape index (κ3) is 42.9. The Bertz CT molecular complexity index is 896. The van der Waals surface area contributed by atoms with Gasteiger partial charge in [-0.05, 0) is 70.6 Å². The number of unbranched alkanes of at least 4 members (excludes halogenated alkanes) is 28. The van der Waals surface area contributed by atoms with Crippen molar-refractivity contribution in [3.05, 3.63) is 24.3 Å². The number of esters is 3. The summed E-state index contributed by atoms with van der Waals surface area (Å²) in [5.74, 6) is -0.893. The maximum absolute atomic E-state index is 12.7. The Kier molecular flexibility index (Phi) is 42.9. The summed E-state index contributed by atoms with van der Waals surface area (Å²) in [5, 5.41) is 0. The van der Waals surface area contributed by atoms with Gasteiger partial charge in [-0.1, -0.05) is 186 Å². The monoisotopic (exact) mass is 775 g/mol. The normalized spacial score (nSPS) is 12.1. The van der Waals surface area contributed by atoms with Crippen molar-refractivity contribution in [1.29, 1.82) is 0 Å². The van der Waals surface area contributed by atoms with E-state index in [4.69, 9.17) is 14.2 Å². The minimum Gasteiger partial charge on any atom is -0.462 e. The van der Waals surface area contributed by atoms with Gasteiger partial charge in [-0.15, -0.1) is 0 Å². The van der Waals surface area contributed by atoms with Crippen molar-refractivity contribution in [2.24, 2.45) is 0 Å². The molecular weight excluding hydrogens is 685 g/mol. The lowest BCUT2D eigenvalue weighted by Crippen LogP contribution is -2.30. The molecule has 0 aromatic carbocycles. The zero-order valence-corrected chi connectivity index (χ0v) is 36.7. The van der Waals surface area contributed by atoms with Gasteiger partial charge in [0.25, 0.3) is 0 Å². The summed E-state index contributed by atoms with van der Waals surface area (Å²) < 4.78 is 16.7. The van der Waals surface area contributed by atoms with Gasteiger partial charge in [0, 0.05) is 19.3 Å². The Labute approximate surface area is 341 Å². The molecule has 0 fully saturated rings. The van der Waals surface area contributed by atoms with Gasteiger partial charge in [-0.2, -0.15) is 0 Å². The molecule has 0 saturated heterocycles. The van der Waals surface area contributed by atoms with Crippen LogP contribution in [0, 0.1) is 0 Å². The Morgan fingerprint density at radius 1 is 0.345 bits per heavy atom. The van der Waals surface area contributed by atoms with Gasteiger partial charge in [0.1, 0.15) is 13.2 Å². The summed E-state index contributed by atoms with van der Waals surface area (Å²) in [4.78, 5) is 37.7. The van der Waals surface area contributed by atoms with Crippen LogP contribution < -0.4 is 0 Å². The zero-order valence-electron chi connectivity index (χ0n) is 36.7. The maximum atomic E-state index is 12.7. The van der Waals surface area contributed by atoms with Crippen molar-refractivity contribution in [3.8, 4) is 0 Å². The molecule has 0 bridgehead atoms. The van der Waals surface area contributed by atoms with Crippen molar-refractivity contribution >= 4 is 17.9 Å². The third-order valence-electron chi connectivity index (χ3n) is 10.4. The first-order valence-electron chi connectivity index (χ1n) is 23.8. The second-order valence-electron chi connectivity index (χ2n) is 16.0. The van der Waals surface area contributed by atoms with Crippen LogP contribution in [-0.4, -0.2) is 37.2 Å². The Morgan fingerprint density at radius 3 is 0.945 bits per heavy atom. The average Bonchev–Trinajstić information content (AvgIpc) is 3.18. The molecule has 322 valence electrons. The van der Waals surface area contributed by atoms with Crippen molar-refractivity contribution < 1.29 is 28.6 Å². The summed E-state index contributed by atoms with van der Waals surface area (Å²) in [7, 11) is 0. The van der Waals surface area contributed by atoms with E-state index in [2.05, 4.69) is 45.1 Å². The van der Waals surface area contributed by atoms with Crippen LogP contribution in [0.2, 0.25) is 0 Å². The summed E-state index contributed by atoms with van der Waals surface area (Å²) in [5.41, 5.74) is 0. The number of carbonyl (C=O) groups excluding carboxylic acids is 3. The van der Waals surface area contributed by atoms with Gasteiger partial charge in [0.15, 0.2) is 6.10 Å². The first-order valence-corrected chi connectivity index (χ1v) is 23.8. The topological polar surface area (TPSA) is 78.9 Å². The second kappa shape index (κ2) is 44.6. The SMILES string of the molecule is CCCCCC/C=C\CCCCCCCCCC(=O)OCC(COC(=O)CCCCCCCCCCC)OC(=O)CCCCC/C=C\CCCCCCCC. The fraction of sp³-hybridized carbons (Fsp3) is 0.857. The lowest BCUT2D eigenvalue weighted by molar-refractivity contribution is -0.167. The van der Waals surface area contributed by atoms with Crippen LogP contribution in [0.25, 0.3) is 0 Å². The smallest absolute Gasteiger partial charge is 0.306 e. The minimum atomic E-state index is -0.774. The highest BCUT2D eigenvalue weighted by atomic mass is 16.6. The van der Waals surface area contributed by atoms with Gasteiger partial charge in [-0.25, -0.2) is 0 Å². The molecule has 1 atom stereocenters. The molecule has 0 aliphatic carbocycles. The highest BCUT2D eigenvalue weighted by Gasteiger charge is 2.19.